The van der Waals surface area contributed by atoms with E-state index in [1.807, 2.05) is 34.3 Å². The van der Waals surface area contributed by atoms with Gasteiger partial charge in [-0.1, -0.05) is 18.9 Å². The predicted molar refractivity (Wildman–Crippen MR) is 99.4 cm³/mol. The van der Waals surface area contributed by atoms with Crippen molar-refractivity contribution in [3.63, 3.8) is 0 Å². The standard InChI is InChI=1S/C17H21NO2S3/c19-16(11-23-14-4-1-2-5-14)18-12-17(20,13-7-9-21-10-13)15-6-3-8-22-15/h3,6-10,14,20H,1-2,4-5,11-12H2,(H,18,19). The van der Waals surface area contributed by atoms with Gasteiger partial charge < -0.3 is 10.4 Å². The zero-order chi connectivity index (χ0) is 16.1. The first-order valence-corrected chi connectivity index (χ1v) is 10.7. The zero-order valence-corrected chi connectivity index (χ0v) is 15.3. The molecule has 2 N–H and O–H groups in total. The highest BCUT2D eigenvalue weighted by molar-refractivity contribution is 8.00. The van der Waals surface area contributed by atoms with Crippen molar-refractivity contribution in [3.05, 3.63) is 44.8 Å². The molecule has 1 saturated carbocycles. The number of hydrogen-bond donors (Lipinski definition) is 2. The molecule has 3 rings (SSSR count). The van der Waals surface area contributed by atoms with Crippen molar-refractivity contribution in [2.75, 3.05) is 12.3 Å². The van der Waals surface area contributed by atoms with Crippen molar-refractivity contribution < 1.29 is 9.90 Å². The fourth-order valence-corrected chi connectivity index (χ4v) is 5.60. The van der Waals surface area contributed by atoms with Crippen molar-refractivity contribution in [3.8, 4) is 0 Å². The van der Waals surface area contributed by atoms with Gasteiger partial charge >= 0.3 is 0 Å². The second-order valence-corrected chi connectivity index (χ2v) is 8.86. The summed E-state index contributed by atoms with van der Waals surface area (Å²) in [5.74, 6) is 0.488. The van der Waals surface area contributed by atoms with E-state index in [1.165, 1.54) is 37.0 Å². The molecule has 6 heteroatoms. The van der Waals surface area contributed by atoms with Crippen molar-refractivity contribution in [1.29, 1.82) is 0 Å². The third-order valence-corrected chi connectivity index (χ3v) is 7.30. The highest BCUT2D eigenvalue weighted by Gasteiger charge is 2.33. The molecule has 1 atom stereocenters. The van der Waals surface area contributed by atoms with Crippen LogP contribution < -0.4 is 5.32 Å². The van der Waals surface area contributed by atoms with Crippen LogP contribution in [0.15, 0.2) is 34.3 Å². The van der Waals surface area contributed by atoms with E-state index in [-0.39, 0.29) is 12.5 Å². The van der Waals surface area contributed by atoms with E-state index in [9.17, 15) is 9.90 Å². The van der Waals surface area contributed by atoms with Crippen LogP contribution in [0.5, 0.6) is 0 Å². The van der Waals surface area contributed by atoms with E-state index >= 15 is 0 Å². The average Bonchev–Trinajstić information content (AvgIpc) is 3.33. The molecule has 0 saturated heterocycles. The number of nitrogens with one attached hydrogen (secondary N) is 1. The van der Waals surface area contributed by atoms with Crippen molar-refractivity contribution in [1.82, 2.24) is 5.32 Å². The highest BCUT2D eigenvalue weighted by atomic mass is 32.2. The van der Waals surface area contributed by atoms with Crippen LogP contribution in [0.2, 0.25) is 0 Å². The first-order chi connectivity index (χ1) is 11.2. The lowest BCUT2D eigenvalue weighted by atomic mass is 9.94. The summed E-state index contributed by atoms with van der Waals surface area (Å²) in [5.41, 5.74) is -0.296. The lowest BCUT2D eigenvalue weighted by Crippen LogP contribution is -2.41. The van der Waals surface area contributed by atoms with E-state index in [2.05, 4.69) is 5.32 Å². The molecule has 0 bridgehead atoms. The predicted octanol–water partition coefficient (Wildman–Crippen LogP) is 3.84. The molecule has 0 aromatic carbocycles. The molecule has 1 amide bonds. The van der Waals surface area contributed by atoms with Crippen LogP contribution in [0, 0.1) is 0 Å². The molecule has 0 aliphatic heterocycles. The number of thiophene rings is 2. The molecule has 0 radical (unpaired) electrons. The summed E-state index contributed by atoms with van der Waals surface area (Å²) in [6.45, 7) is 0.217. The van der Waals surface area contributed by atoms with E-state index in [0.717, 1.165) is 10.4 Å². The van der Waals surface area contributed by atoms with E-state index in [0.29, 0.717) is 11.0 Å². The summed E-state index contributed by atoms with van der Waals surface area (Å²) >= 11 is 4.81. The maximum atomic E-state index is 12.1. The molecule has 23 heavy (non-hydrogen) atoms. The maximum Gasteiger partial charge on any atom is 0.230 e. The Hall–Kier alpha value is -0.820. The molecular formula is C17H21NO2S3. The lowest BCUT2D eigenvalue weighted by Gasteiger charge is -2.27. The Morgan fingerprint density at radius 1 is 1.35 bits per heavy atom. The third-order valence-electron chi connectivity index (χ3n) is 4.22. The zero-order valence-electron chi connectivity index (χ0n) is 12.9. The normalized spacial score (nSPS) is 18.0. The van der Waals surface area contributed by atoms with E-state index in [4.69, 9.17) is 0 Å². The Kier molecular flexibility index (Phi) is 5.80. The van der Waals surface area contributed by atoms with Gasteiger partial charge in [-0.3, -0.25) is 4.79 Å². The van der Waals surface area contributed by atoms with Crippen LogP contribution >= 0.6 is 34.4 Å². The van der Waals surface area contributed by atoms with Crippen molar-refractivity contribution in [2.24, 2.45) is 0 Å². The number of thioether (sulfide) groups is 1. The topological polar surface area (TPSA) is 49.3 Å². The van der Waals surface area contributed by atoms with Crippen LogP contribution in [0.4, 0.5) is 0 Å². The molecule has 2 aromatic rings. The van der Waals surface area contributed by atoms with Gasteiger partial charge in [0.15, 0.2) is 0 Å². The SMILES string of the molecule is O=C(CSC1CCCC1)NCC(O)(c1ccsc1)c1cccs1. The van der Waals surface area contributed by atoms with Crippen molar-refractivity contribution in [2.45, 2.75) is 36.5 Å². The Bertz CT molecular complexity index is 570. The van der Waals surface area contributed by atoms with Gasteiger partial charge in [0.05, 0.1) is 12.3 Å². The molecule has 1 unspecified atom stereocenters. The van der Waals surface area contributed by atoms with Crippen molar-refractivity contribution >= 4 is 40.3 Å². The highest BCUT2D eigenvalue weighted by Crippen LogP contribution is 2.34. The Morgan fingerprint density at radius 3 is 2.83 bits per heavy atom. The molecule has 3 nitrogen and oxygen atoms in total. The Labute approximate surface area is 149 Å². The van der Waals surface area contributed by atoms with Gasteiger partial charge in [0.25, 0.3) is 0 Å². The summed E-state index contributed by atoms with van der Waals surface area (Å²) in [4.78, 5) is 13.0. The minimum absolute atomic E-state index is 0.00658. The largest absolute Gasteiger partial charge is 0.378 e. The van der Waals surface area contributed by atoms with Gasteiger partial charge in [-0.25, -0.2) is 0 Å². The maximum absolute atomic E-state index is 12.1. The number of hydrogen-bond acceptors (Lipinski definition) is 5. The summed E-state index contributed by atoms with van der Waals surface area (Å²) in [6.07, 6.45) is 5.03. The van der Waals surface area contributed by atoms with Gasteiger partial charge in [0.2, 0.25) is 5.91 Å². The number of carbonyl (C=O) groups is 1. The van der Waals surface area contributed by atoms with Crippen LogP contribution in [-0.4, -0.2) is 28.6 Å². The molecule has 2 aromatic heterocycles. The molecular weight excluding hydrogens is 346 g/mol. The molecule has 124 valence electrons. The fraction of sp³-hybridized carbons (Fsp3) is 0.471. The van der Waals surface area contributed by atoms with Crippen LogP contribution in [0.25, 0.3) is 0 Å². The van der Waals surface area contributed by atoms with E-state index in [1.54, 1.807) is 23.1 Å². The lowest BCUT2D eigenvalue weighted by molar-refractivity contribution is -0.119. The minimum Gasteiger partial charge on any atom is -0.378 e. The third kappa shape index (κ3) is 4.18. The Morgan fingerprint density at radius 2 is 2.17 bits per heavy atom. The van der Waals surface area contributed by atoms with Gasteiger partial charge in [-0.15, -0.1) is 23.1 Å². The number of amides is 1. The number of rotatable bonds is 7. The number of aliphatic hydroxyl groups is 1. The molecule has 2 heterocycles. The summed E-state index contributed by atoms with van der Waals surface area (Å²) in [7, 11) is 0. The monoisotopic (exact) mass is 367 g/mol. The first-order valence-electron chi connectivity index (χ1n) is 7.86. The quantitative estimate of drug-likeness (QED) is 0.782. The summed E-state index contributed by atoms with van der Waals surface area (Å²) in [5, 5.41) is 20.6. The molecule has 0 spiro atoms. The second kappa shape index (κ2) is 7.83. The van der Waals surface area contributed by atoms with Crippen LogP contribution in [-0.2, 0) is 10.4 Å². The number of carbonyl (C=O) groups excluding carboxylic acids is 1. The minimum atomic E-state index is -1.14. The Balaban J connectivity index is 1.60. The first kappa shape index (κ1) is 17.0. The summed E-state index contributed by atoms with van der Waals surface area (Å²) < 4.78 is 0. The van der Waals surface area contributed by atoms with Gasteiger partial charge in [-0.2, -0.15) is 11.3 Å². The van der Waals surface area contributed by atoms with Crippen LogP contribution in [0.1, 0.15) is 36.1 Å². The van der Waals surface area contributed by atoms with Crippen LogP contribution in [0.3, 0.4) is 0 Å². The molecule has 1 aliphatic carbocycles. The van der Waals surface area contributed by atoms with Gasteiger partial charge in [0.1, 0.15) is 5.60 Å². The van der Waals surface area contributed by atoms with Gasteiger partial charge in [-0.05, 0) is 41.1 Å². The second-order valence-electron chi connectivity index (χ2n) is 5.84. The molecule has 1 aliphatic rings. The summed E-state index contributed by atoms with van der Waals surface area (Å²) in [6, 6.07) is 5.76. The molecule has 1 fully saturated rings. The fourth-order valence-electron chi connectivity index (χ4n) is 2.87. The smallest absolute Gasteiger partial charge is 0.230 e. The van der Waals surface area contributed by atoms with E-state index < -0.39 is 5.60 Å². The van der Waals surface area contributed by atoms with Gasteiger partial charge in [0, 0.05) is 15.7 Å². The average molecular weight is 368 g/mol.